The Morgan fingerprint density at radius 2 is 2.08 bits per heavy atom. The first kappa shape index (κ1) is 6.96. The largest absolute Gasteiger partial charge is 0.382 e. The van der Waals surface area contributed by atoms with Crippen LogP contribution in [0.5, 0.6) is 0 Å². The molecule has 0 aliphatic rings. The van der Waals surface area contributed by atoms with Crippen LogP contribution < -0.4 is 5.73 Å². The summed E-state index contributed by atoms with van der Waals surface area (Å²) in [6, 6.07) is 0. The lowest BCUT2D eigenvalue weighted by Crippen LogP contribution is -1.99. The molecule has 0 unspecified atom stereocenters. The molecule has 2 rings (SSSR count). The van der Waals surface area contributed by atoms with E-state index in [0.717, 1.165) is 0 Å². The Bertz CT molecular complexity index is 431. The molecule has 0 fully saturated rings. The minimum atomic E-state index is 0.380. The third-order valence-corrected chi connectivity index (χ3v) is 1.59. The summed E-state index contributed by atoms with van der Waals surface area (Å²) < 4.78 is 1.57. The molecule has 0 aromatic carbocycles. The van der Waals surface area contributed by atoms with Crippen LogP contribution in [-0.2, 0) is 7.05 Å². The molecule has 2 heterocycles. The van der Waals surface area contributed by atoms with E-state index < -0.39 is 0 Å². The summed E-state index contributed by atoms with van der Waals surface area (Å²) in [5.74, 6) is 1.01. The summed E-state index contributed by atoms with van der Waals surface area (Å²) in [4.78, 5) is 8.11. The van der Waals surface area contributed by atoms with E-state index in [-0.39, 0.29) is 0 Å². The SMILES string of the molecule is Cc1nc(N)c2nnn(C)c2n1. The molecule has 0 saturated carbocycles. The Morgan fingerprint density at radius 1 is 1.33 bits per heavy atom. The topological polar surface area (TPSA) is 82.5 Å². The number of fused-ring (bicyclic) bond motifs is 1. The van der Waals surface area contributed by atoms with E-state index in [2.05, 4.69) is 20.3 Å². The lowest BCUT2D eigenvalue weighted by molar-refractivity contribution is 0.728. The summed E-state index contributed by atoms with van der Waals surface area (Å²) >= 11 is 0. The smallest absolute Gasteiger partial charge is 0.183 e. The van der Waals surface area contributed by atoms with E-state index in [1.54, 1.807) is 18.7 Å². The van der Waals surface area contributed by atoms with Gasteiger partial charge in [-0.05, 0) is 6.92 Å². The van der Waals surface area contributed by atoms with E-state index in [1.807, 2.05) is 0 Å². The van der Waals surface area contributed by atoms with Crippen LogP contribution in [0.1, 0.15) is 5.82 Å². The van der Waals surface area contributed by atoms with Crippen molar-refractivity contribution in [2.75, 3.05) is 5.73 Å². The first-order chi connectivity index (χ1) is 5.68. The van der Waals surface area contributed by atoms with Gasteiger partial charge in [0.05, 0.1) is 0 Å². The zero-order chi connectivity index (χ0) is 8.72. The van der Waals surface area contributed by atoms with Gasteiger partial charge in [0.15, 0.2) is 17.0 Å². The second-order valence-corrected chi connectivity index (χ2v) is 2.54. The average molecular weight is 164 g/mol. The number of aryl methyl sites for hydroxylation is 2. The molecule has 2 aromatic rings. The van der Waals surface area contributed by atoms with Gasteiger partial charge in [0, 0.05) is 7.05 Å². The summed E-state index contributed by atoms with van der Waals surface area (Å²) in [5.41, 5.74) is 6.83. The minimum Gasteiger partial charge on any atom is -0.382 e. The number of rotatable bonds is 0. The molecule has 0 aliphatic carbocycles. The molecule has 0 saturated heterocycles. The normalized spacial score (nSPS) is 10.8. The maximum absolute atomic E-state index is 5.60. The molecular formula is C6H8N6. The van der Waals surface area contributed by atoms with Crippen LogP contribution in [0.4, 0.5) is 5.82 Å². The zero-order valence-corrected chi connectivity index (χ0v) is 6.81. The quantitative estimate of drug-likeness (QED) is 0.575. The first-order valence-electron chi connectivity index (χ1n) is 3.48. The maximum atomic E-state index is 5.60. The highest BCUT2D eigenvalue weighted by molar-refractivity contribution is 5.80. The molecule has 2 aromatic heterocycles. The molecule has 2 N–H and O–H groups in total. The number of nitrogens with two attached hydrogens (primary N) is 1. The molecule has 0 atom stereocenters. The van der Waals surface area contributed by atoms with Gasteiger partial charge in [0.1, 0.15) is 5.82 Å². The predicted octanol–water partition coefficient (Wildman–Crippen LogP) is -0.351. The molecule has 6 heteroatoms. The van der Waals surface area contributed by atoms with Crippen LogP contribution in [0.2, 0.25) is 0 Å². The number of nitrogens with zero attached hydrogens (tertiary/aromatic N) is 5. The highest BCUT2D eigenvalue weighted by atomic mass is 15.4. The zero-order valence-electron chi connectivity index (χ0n) is 6.81. The monoisotopic (exact) mass is 164 g/mol. The molecule has 62 valence electrons. The van der Waals surface area contributed by atoms with E-state index in [1.165, 1.54) is 0 Å². The van der Waals surface area contributed by atoms with Crippen molar-refractivity contribution in [1.29, 1.82) is 0 Å². The van der Waals surface area contributed by atoms with Gasteiger partial charge < -0.3 is 5.73 Å². The number of hydrogen-bond donors (Lipinski definition) is 1. The lowest BCUT2D eigenvalue weighted by atomic mass is 10.5. The second-order valence-electron chi connectivity index (χ2n) is 2.54. The average Bonchev–Trinajstić information content (AvgIpc) is 2.33. The van der Waals surface area contributed by atoms with Gasteiger partial charge >= 0.3 is 0 Å². The number of hydrogen-bond acceptors (Lipinski definition) is 5. The molecule has 12 heavy (non-hydrogen) atoms. The van der Waals surface area contributed by atoms with Crippen molar-refractivity contribution in [3.63, 3.8) is 0 Å². The minimum absolute atomic E-state index is 0.380. The van der Waals surface area contributed by atoms with Crippen molar-refractivity contribution in [1.82, 2.24) is 25.0 Å². The summed E-state index contributed by atoms with van der Waals surface area (Å²) in [6.07, 6.45) is 0. The van der Waals surface area contributed by atoms with Crippen LogP contribution in [-0.4, -0.2) is 25.0 Å². The predicted molar refractivity (Wildman–Crippen MR) is 43.2 cm³/mol. The molecule has 6 nitrogen and oxygen atoms in total. The fourth-order valence-electron chi connectivity index (χ4n) is 1.05. The van der Waals surface area contributed by atoms with Gasteiger partial charge in [-0.3, -0.25) is 0 Å². The fraction of sp³-hybridized carbons (Fsp3) is 0.333. The summed E-state index contributed by atoms with van der Waals surface area (Å²) in [6.45, 7) is 1.78. The Hall–Kier alpha value is -1.72. The number of aromatic nitrogens is 5. The summed E-state index contributed by atoms with van der Waals surface area (Å²) in [5, 5.41) is 7.60. The number of nitrogen functional groups attached to an aromatic ring is 1. The van der Waals surface area contributed by atoms with Crippen molar-refractivity contribution >= 4 is 17.0 Å². The standard InChI is InChI=1S/C6H8N6/c1-3-8-5(7)4-6(9-3)12(2)11-10-4/h1-2H3,(H2,7,8,9). The van der Waals surface area contributed by atoms with Crippen molar-refractivity contribution in [3.8, 4) is 0 Å². The van der Waals surface area contributed by atoms with Gasteiger partial charge in [0.25, 0.3) is 0 Å². The Morgan fingerprint density at radius 3 is 2.83 bits per heavy atom. The lowest BCUT2D eigenvalue weighted by Gasteiger charge is -1.95. The van der Waals surface area contributed by atoms with Crippen molar-refractivity contribution in [2.45, 2.75) is 6.92 Å². The summed E-state index contributed by atoms with van der Waals surface area (Å²) in [7, 11) is 1.77. The highest BCUT2D eigenvalue weighted by Gasteiger charge is 2.07. The van der Waals surface area contributed by atoms with Gasteiger partial charge in [0.2, 0.25) is 0 Å². The molecule has 0 aliphatic heterocycles. The van der Waals surface area contributed by atoms with E-state index in [4.69, 9.17) is 5.73 Å². The number of anilines is 1. The Labute approximate surface area is 68.4 Å². The third kappa shape index (κ3) is 0.810. The van der Waals surface area contributed by atoms with Gasteiger partial charge in [-0.25, -0.2) is 14.6 Å². The van der Waals surface area contributed by atoms with E-state index in [0.29, 0.717) is 22.8 Å². The van der Waals surface area contributed by atoms with Crippen molar-refractivity contribution < 1.29 is 0 Å². The van der Waals surface area contributed by atoms with Gasteiger partial charge in [-0.1, -0.05) is 5.21 Å². The molecule has 0 amide bonds. The Balaban J connectivity index is 2.92. The maximum Gasteiger partial charge on any atom is 0.183 e. The van der Waals surface area contributed by atoms with Crippen LogP contribution >= 0.6 is 0 Å². The third-order valence-electron chi connectivity index (χ3n) is 1.59. The van der Waals surface area contributed by atoms with Crippen molar-refractivity contribution in [3.05, 3.63) is 5.82 Å². The van der Waals surface area contributed by atoms with Gasteiger partial charge in [-0.2, -0.15) is 0 Å². The molecule has 0 bridgehead atoms. The second kappa shape index (κ2) is 2.13. The van der Waals surface area contributed by atoms with Crippen LogP contribution in [0, 0.1) is 6.92 Å². The first-order valence-corrected chi connectivity index (χ1v) is 3.48. The fourth-order valence-corrected chi connectivity index (χ4v) is 1.05. The van der Waals surface area contributed by atoms with Crippen LogP contribution in [0.3, 0.4) is 0 Å². The van der Waals surface area contributed by atoms with E-state index >= 15 is 0 Å². The Kier molecular flexibility index (Phi) is 1.24. The van der Waals surface area contributed by atoms with E-state index in [9.17, 15) is 0 Å². The van der Waals surface area contributed by atoms with Crippen LogP contribution in [0.15, 0.2) is 0 Å². The molecular weight excluding hydrogens is 156 g/mol. The van der Waals surface area contributed by atoms with Crippen LogP contribution in [0.25, 0.3) is 11.2 Å². The van der Waals surface area contributed by atoms with Crippen molar-refractivity contribution in [2.24, 2.45) is 7.05 Å². The highest BCUT2D eigenvalue weighted by Crippen LogP contribution is 2.12. The van der Waals surface area contributed by atoms with Gasteiger partial charge in [-0.15, -0.1) is 5.10 Å². The molecule has 0 radical (unpaired) electrons. The molecule has 0 spiro atoms.